The Hall–Kier alpha value is -2.34. The Bertz CT molecular complexity index is 877. The molecule has 0 aliphatic heterocycles. The van der Waals surface area contributed by atoms with E-state index in [0.717, 1.165) is 27.4 Å². The maximum absolute atomic E-state index is 12.9. The van der Waals surface area contributed by atoms with E-state index < -0.39 is 16.1 Å². The molecule has 1 N–H and O–H groups in total. The molecule has 26 heavy (non-hydrogen) atoms. The second-order valence-corrected chi connectivity index (χ2v) is 8.61. The average molecular weight is 375 g/mol. The van der Waals surface area contributed by atoms with Gasteiger partial charge in [-0.25, -0.2) is 8.42 Å². The summed E-state index contributed by atoms with van der Waals surface area (Å²) in [6.07, 6.45) is 1.11. The summed E-state index contributed by atoms with van der Waals surface area (Å²) in [5.74, 6) is -0.129. The molecule has 1 atom stereocenters. The van der Waals surface area contributed by atoms with Gasteiger partial charge in [0.2, 0.25) is 15.9 Å². The van der Waals surface area contributed by atoms with Crippen LogP contribution in [-0.2, 0) is 14.8 Å². The summed E-state index contributed by atoms with van der Waals surface area (Å²) in [6, 6.07) is 13.6. The number of para-hydroxylation sites is 2. The van der Waals surface area contributed by atoms with Gasteiger partial charge in [-0.1, -0.05) is 50.2 Å². The first-order valence-corrected chi connectivity index (χ1v) is 10.4. The molecule has 0 saturated heterocycles. The van der Waals surface area contributed by atoms with Crippen molar-refractivity contribution in [3.05, 3.63) is 59.7 Å². The van der Waals surface area contributed by atoms with E-state index in [1.807, 2.05) is 25.1 Å². The molecule has 0 saturated carbocycles. The highest BCUT2D eigenvalue weighted by molar-refractivity contribution is 7.92. The van der Waals surface area contributed by atoms with Gasteiger partial charge in [-0.15, -0.1) is 0 Å². The molecule has 0 fully saturated rings. The third-order valence-corrected chi connectivity index (χ3v) is 5.52. The van der Waals surface area contributed by atoms with Crippen LogP contribution in [0.4, 0.5) is 11.4 Å². The average Bonchev–Trinajstić information content (AvgIpc) is 2.56. The summed E-state index contributed by atoms with van der Waals surface area (Å²) in [4.78, 5) is 12.9. The molecule has 5 nitrogen and oxygen atoms in total. The number of carbonyl (C=O) groups excluding carboxylic acids is 1. The standard InChI is InChI=1S/C20H26N2O3S/c1-14(2)18-13-9-10-15(3)19(18)21-20(23)16(4)22(26(5,24)25)17-11-7-6-8-12-17/h6-14,16H,1-5H3,(H,21,23)/t16-/m1/s1. The lowest BCUT2D eigenvalue weighted by atomic mass is 9.98. The van der Waals surface area contributed by atoms with E-state index in [0.29, 0.717) is 5.69 Å². The number of hydrogen-bond acceptors (Lipinski definition) is 3. The van der Waals surface area contributed by atoms with Gasteiger partial charge in [-0.05, 0) is 43.0 Å². The highest BCUT2D eigenvalue weighted by Crippen LogP contribution is 2.28. The predicted octanol–water partition coefficient (Wildman–Crippen LogP) is 3.91. The number of rotatable bonds is 6. The van der Waals surface area contributed by atoms with E-state index in [9.17, 15) is 13.2 Å². The minimum Gasteiger partial charge on any atom is -0.324 e. The molecular weight excluding hydrogens is 348 g/mol. The summed E-state index contributed by atoms with van der Waals surface area (Å²) in [5.41, 5.74) is 3.19. The molecule has 0 spiro atoms. The van der Waals surface area contributed by atoms with Gasteiger partial charge in [-0.2, -0.15) is 0 Å². The van der Waals surface area contributed by atoms with Crippen LogP contribution in [0, 0.1) is 6.92 Å². The van der Waals surface area contributed by atoms with Crippen LogP contribution >= 0.6 is 0 Å². The Morgan fingerprint density at radius 2 is 1.62 bits per heavy atom. The summed E-state index contributed by atoms with van der Waals surface area (Å²) in [6.45, 7) is 7.63. The Labute approximate surface area is 156 Å². The summed E-state index contributed by atoms with van der Waals surface area (Å²) >= 11 is 0. The molecule has 0 aliphatic rings. The SMILES string of the molecule is Cc1cccc(C(C)C)c1NC(=O)[C@@H](C)N(c1ccccc1)S(C)(=O)=O. The van der Waals surface area contributed by atoms with Crippen LogP contribution in [0.5, 0.6) is 0 Å². The number of nitrogens with one attached hydrogen (secondary N) is 1. The van der Waals surface area contributed by atoms with Crippen molar-refractivity contribution >= 4 is 27.3 Å². The third-order valence-electron chi connectivity index (χ3n) is 4.27. The van der Waals surface area contributed by atoms with E-state index in [4.69, 9.17) is 0 Å². The predicted molar refractivity (Wildman–Crippen MR) is 107 cm³/mol. The zero-order chi connectivity index (χ0) is 19.5. The first kappa shape index (κ1) is 20.0. The summed E-state index contributed by atoms with van der Waals surface area (Å²) < 4.78 is 25.8. The molecular formula is C20H26N2O3S. The lowest BCUT2D eigenvalue weighted by molar-refractivity contribution is -0.116. The Morgan fingerprint density at radius 3 is 2.15 bits per heavy atom. The van der Waals surface area contributed by atoms with Crippen LogP contribution in [0.15, 0.2) is 48.5 Å². The first-order chi connectivity index (χ1) is 12.1. The van der Waals surface area contributed by atoms with Crippen molar-refractivity contribution in [3.8, 4) is 0 Å². The Balaban J connectivity index is 2.37. The summed E-state index contributed by atoms with van der Waals surface area (Å²) in [5, 5.41) is 2.94. The molecule has 0 unspecified atom stereocenters. The zero-order valence-corrected chi connectivity index (χ0v) is 16.7. The maximum atomic E-state index is 12.9. The number of sulfonamides is 1. The van der Waals surface area contributed by atoms with Crippen molar-refractivity contribution in [2.45, 2.75) is 39.7 Å². The lowest BCUT2D eigenvalue weighted by Crippen LogP contribution is -2.45. The van der Waals surface area contributed by atoms with Crippen molar-refractivity contribution in [1.29, 1.82) is 0 Å². The minimum absolute atomic E-state index is 0.237. The molecule has 6 heteroatoms. The van der Waals surface area contributed by atoms with E-state index in [-0.39, 0.29) is 11.8 Å². The van der Waals surface area contributed by atoms with Gasteiger partial charge in [0.25, 0.3) is 0 Å². The van der Waals surface area contributed by atoms with Gasteiger partial charge >= 0.3 is 0 Å². The topological polar surface area (TPSA) is 66.5 Å². The molecule has 1 amide bonds. The third kappa shape index (κ3) is 4.43. The smallest absolute Gasteiger partial charge is 0.248 e. The van der Waals surface area contributed by atoms with E-state index >= 15 is 0 Å². The maximum Gasteiger partial charge on any atom is 0.248 e. The molecule has 0 bridgehead atoms. The Kier molecular flexibility index (Phi) is 6.08. The van der Waals surface area contributed by atoms with Crippen molar-refractivity contribution in [2.75, 3.05) is 15.9 Å². The zero-order valence-electron chi connectivity index (χ0n) is 15.9. The molecule has 140 valence electrons. The van der Waals surface area contributed by atoms with Crippen LogP contribution in [0.2, 0.25) is 0 Å². The van der Waals surface area contributed by atoms with Crippen molar-refractivity contribution in [3.63, 3.8) is 0 Å². The molecule has 0 radical (unpaired) electrons. The van der Waals surface area contributed by atoms with Gasteiger partial charge in [0.1, 0.15) is 6.04 Å². The largest absolute Gasteiger partial charge is 0.324 e. The second kappa shape index (κ2) is 7.91. The van der Waals surface area contributed by atoms with Gasteiger partial charge in [0.15, 0.2) is 0 Å². The molecule has 0 aliphatic carbocycles. The van der Waals surface area contributed by atoms with Crippen LogP contribution in [0.25, 0.3) is 0 Å². The number of nitrogens with zero attached hydrogens (tertiary/aromatic N) is 1. The molecule has 0 heterocycles. The second-order valence-electron chi connectivity index (χ2n) is 6.75. The highest BCUT2D eigenvalue weighted by Gasteiger charge is 2.29. The number of anilines is 2. The van der Waals surface area contributed by atoms with E-state index in [1.165, 1.54) is 0 Å². The number of carbonyl (C=O) groups is 1. The van der Waals surface area contributed by atoms with E-state index in [2.05, 4.69) is 19.2 Å². The van der Waals surface area contributed by atoms with Crippen molar-refractivity contribution in [1.82, 2.24) is 0 Å². The number of amides is 1. The summed E-state index contributed by atoms with van der Waals surface area (Å²) in [7, 11) is -3.62. The van der Waals surface area contributed by atoms with Crippen molar-refractivity contribution in [2.24, 2.45) is 0 Å². The van der Waals surface area contributed by atoms with Gasteiger partial charge < -0.3 is 5.32 Å². The number of benzene rings is 2. The number of aryl methyl sites for hydroxylation is 1. The molecule has 2 rings (SSSR count). The van der Waals surface area contributed by atoms with Crippen LogP contribution in [0.1, 0.15) is 37.8 Å². The van der Waals surface area contributed by atoms with Crippen LogP contribution in [-0.4, -0.2) is 26.6 Å². The van der Waals surface area contributed by atoms with E-state index in [1.54, 1.807) is 37.3 Å². The van der Waals surface area contributed by atoms with Gasteiger partial charge in [-0.3, -0.25) is 9.10 Å². The number of hydrogen-bond donors (Lipinski definition) is 1. The monoisotopic (exact) mass is 374 g/mol. The quantitative estimate of drug-likeness (QED) is 0.833. The Morgan fingerprint density at radius 1 is 1.00 bits per heavy atom. The normalized spacial score (nSPS) is 12.7. The molecule has 2 aromatic carbocycles. The van der Waals surface area contributed by atoms with Gasteiger partial charge in [0.05, 0.1) is 11.9 Å². The van der Waals surface area contributed by atoms with Gasteiger partial charge in [0, 0.05) is 5.69 Å². The van der Waals surface area contributed by atoms with Crippen LogP contribution < -0.4 is 9.62 Å². The van der Waals surface area contributed by atoms with Crippen molar-refractivity contribution < 1.29 is 13.2 Å². The fourth-order valence-corrected chi connectivity index (χ4v) is 4.13. The van der Waals surface area contributed by atoms with Crippen LogP contribution in [0.3, 0.4) is 0 Å². The highest BCUT2D eigenvalue weighted by atomic mass is 32.2. The molecule has 0 aromatic heterocycles. The fraction of sp³-hybridized carbons (Fsp3) is 0.350. The molecule has 2 aromatic rings. The minimum atomic E-state index is -3.62. The lowest BCUT2D eigenvalue weighted by Gasteiger charge is -2.29. The fourth-order valence-electron chi connectivity index (χ4n) is 2.95. The first-order valence-electron chi connectivity index (χ1n) is 8.57.